The normalized spacial score (nSPS) is 10.3. The number of carbonyl (C=O) groups is 1. The molecule has 0 N–H and O–H groups in total. The number of hydrogen-bond acceptors (Lipinski definition) is 1. The predicted molar refractivity (Wildman–Crippen MR) is 79.8 cm³/mol. The number of hydrogen-bond donors (Lipinski definition) is 0. The van der Waals surface area contributed by atoms with Crippen molar-refractivity contribution in [2.45, 2.75) is 6.42 Å². The SMILES string of the molecule is O=C/C=C/CC=C(c1ccccc1)c1ccccc1. The molecule has 0 heterocycles. The molecule has 0 amide bonds. The first kappa shape index (κ1) is 13.0. The van der Waals surface area contributed by atoms with Crippen LogP contribution in [0.2, 0.25) is 0 Å². The second kappa shape index (κ2) is 7.12. The van der Waals surface area contributed by atoms with Gasteiger partial charge in [0.1, 0.15) is 6.29 Å². The maximum absolute atomic E-state index is 10.3. The molecule has 2 rings (SSSR count). The molecule has 2 aromatic rings. The first-order valence-corrected chi connectivity index (χ1v) is 6.33. The minimum Gasteiger partial charge on any atom is -0.299 e. The van der Waals surface area contributed by atoms with Gasteiger partial charge in [-0.15, -0.1) is 0 Å². The van der Waals surface area contributed by atoms with Gasteiger partial charge >= 0.3 is 0 Å². The number of allylic oxidation sites excluding steroid dienone is 3. The van der Waals surface area contributed by atoms with E-state index in [1.165, 1.54) is 22.8 Å². The van der Waals surface area contributed by atoms with Gasteiger partial charge in [-0.3, -0.25) is 4.79 Å². The van der Waals surface area contributed by atoms with Crippen LogP contribution in [0.15, 0.2) is 78.9 Å². The van der Waals surface area contributed by atoms with Crippen molar-refractivity contribution in [3.05, 3.63) is 90.0 Å². The van der Waals surface area contributed by atoms with E-state index in [1.54, 1.807) is 0 Å². The van der Waals surface area contributed by atoms with Gasteiger partial charge in [0.2, 0.25) is 0 Å². The lowest BCUT2D eigenvalue weighted by atomic mass is 9.97. The van der Waals surface area contributed by atoms with Crippen molar-refractivity contribution in [1.29, 1.82) is 0 Å². The van der Waals surface area contributed by atoms with E-state index in [9.17, 15) is 4.79 Å². The van der Waals surface area contributed by atoms with Crippen molar-refractivity contribution in [2.75, 3.05) is 0 Å². The third kappa shape index (κ3) is 3.78. The van der Waals surface area contributed by atoms with E-state index in [-0.39, 0.29) is 0 Å². The van der Waals surface area contributed by atoms with E-state index < -0.39 is 0 Å². The molecule has 0 spiro atoms. The van der Waals surface area contributed by atoms with Crippen LogP contribution >= 0.6 is 0 Å². The molecule has 0 aliphatic heterocycles. The summed E-state index contributed by atoms with van der Waals surface area (Å²) in [6.45, 7) is 0. The predicted octanol–water partition coefficient (Wildman–Crippen LogP) is 4.26. The average Bonchev–Trinajstić information content (AvgIpc) is 2.49. The highest BCUT2D eigenvalue weighted by atomic mass is 16.1. The van der Waals surface area contributed by atoms with Gasteiger partial charge in [0.05, 0.1) is 0 Å². The summed E-state index contributed by atoms with van der Waals surface area (Å²) in [6.07, 6.45) is 7.09. The Labute approximate surface area is 113 Å². The van der Waals surface area contributed by atoms with Gasteiger partial charge in [-0.2, -0.15) is 0 Å². The summed E-state index contributed by atoms with van der Waals surface area (Å²) in [5.41, 5.74) is 3.57. The van der Waals surface area contributed by atoms with Gasteiger partial charge in [-0.05, 0) is 29.2 Å². The van der Waals surface area contributed by atoms with Crippen LogP contribution < -0.4 is 0 Å². The first-order chi connectivity index (χ1) is 9.42. The molecule has 0 bridgehead atoms. The smallest absolute Gasteiger partial charge is 0.142 e. The summed E-state index contributed by atoms with van der Waals surface area (Å²) >= 11 is 0. The molecule has 0 aromatic heterocycles. The number of aldehydes is 1. The molecule has 0 radical (unpaired) electrons. The van der Waals surface area contributed by atoms with Crippen molar-refractivity contribution in [3.8, 4) is 0 Å². The molecule has 0 unspecified atom stereocenters. The van der Waals surface area contributed by atoms with E-state index in [0.717, 1.165) is 12.7 Å². The van der Waals surface area contributed by atoms with Crippen LogP contribution in [0.3, 0.4) is 0 Å². The van der Waals surface area contributed by atoms with Gasteiger partial charge in [-0.1, -0.05) is 72.8 Å². The molecule has 0 saturated carbocycles. The molecule has 0 aliphatic carbocycles. The lowest BCUT2D eigenvalue weighted by Crippen LogP contribution is -1.87. The van der Waals surface area contributed by atoms with Crippen LogP contribution in [0.4, 0.5) is 0 Å². The lowest BCUT2D eigenvalue weighted by molar-refractivity contribution is -0.104. The summed E-state index contributed by atoms with van der Waals surface area (Å²) in [5, 5.41) is 0. The van der Waals surface area contributed by atoms with E-state index in [1.807, 2.05) is 42.5 Å². The molecular weight excluding hydrogens is 232 g/mol. The Hall–Kier alpha value is -2.41. The molecule has 94 valence electrons. The summed E-state index contributed by atoms with van der Waals surface area (Å²) in [7, 11) is 0. The Bertz CT molecular complexity index is 524. The fourth-order valence-corrected chi connectivity index (χ4v) is 1.96. The fraction of sp³-hybridized carbons (Fsp3) is 0.0556. The molecule has 0 fully saturated rings. The van der Waals surface area contributed by atoms with Crippen molar-refractivity contribution < 1.29 is 4.79 Å². The minimum absolute atomic E-state index is 0.748. The standard InChI is InChI=1S/C18H16O/c19-15-9-3-8-14-18(16-10-4-1-5-11-16)17-12-6-2-7-13-17/h1-7,9-15H,8H2/b9-3+. The van der Waals surface area contributed by atoms with Crippen molar-refractivity contribution in [1.82, 2.24) is 0 Å². The zero-order chi connectivity index (χ0) is 13.3. The van der Waals surface area contributed by atoms with E-state index in [0.29, 0.717) is 0 Å². The topological polar surface area (TPSA) is 17.1 Å². The molecular formula is C18H16O. The van der Waals surface area contributed by atoms with Crippen LogP contribution in [0.5, 0.6) is 0 Å². The fourth-order valence-electron chi connectivity index (χ4n) is 1.96. The van der Waals surface area contributed by atoms with E-state index in [4.69, 9.17) is 0 Å². The van der Waals surface area contributed by atoms with Crippen LogP contribution in [-0.4, -0.2) is 6.29 Å². The Kier molecular flexibility index (Phi) is 4.88. The Balaban J connectivity index is 2.34. The zero-order valence-corrected chi connectivity index (χ0v) is 10.7. The molecule has 0 atom stereocenters. The van der Waals surface area contributed by atoms with Gasteiger partial charge in [0, 0.05) is 0 Å². The first-order valence-electron chi connectivity index (χ1n) is 6.33. The summed E-state index contributed by atoms with van der Waals surface area (Å²) in [6, 6.07) is 20.6. The van der Waals surface area contributed by atoms with Gasteiger partial charge in [0.15, 0.2) is 0 Å². The van der Waals surface area contributed by atoms with Crippen LogP contribution in [-0.2, 0) is 4.79 Å². The van der Waals surface area contributed by atoms with Crippen LogP contribution in [0.25, 0.3) is 5.57 Å². The summed E-state index contributed by atoms with van der Waals surface area (Å²) in [4.78, 5) is 10.3. The van der Waals surface area contributed by atoms with Crippen molar-refractivity contribution in [2.24, 2.45) is 0 Å². The Morgan fingerprint density at radius 2 is 1.37 bits per heavy atom. The second-order valence-corrected chi connectivity index (χ2v) is 4.15. The maximum Gasteiger partial charge on any atom is 0.142 e. The molecule has 2 aromatic carbocycles. The highest BCUT2D eigenvalue weighted by Crippen LogP contribution is 2.23. The zero-order valence-electron chi connectivity index (χ0n) is 10.7. The molecule has 0 aliphatic rings. The Morgan fingerprint density at radius 3 is 1.84 bits per heavy atom. The molecule has 19 heavy (non-hydrogen) atoms. The molecule has 0 saturated heterocycles. The molecule has 1 nitrogen and oxygen atoms in total. The maximum atomic E-state index is 10.3. The number of rotatable bonds is 5. The second-order valence-electron chi connectivity index (χ2n) is 4.15. The largest absolute Gasteiger partial charge is 0.299 e. The quantitative estimate of drug-likeness (QED) is 0.570. The van der Waals surface area contributed by atoms with Gasteiger partial charge in [-0.25, -0.2) is 0 Å². The minimum atomic E-state index is 0.748. The van der Waals surface area contributed by atoms with Crippen molar-refractivity contribution in [3.63, 3.8) is 0 Å². The highest BCUT2D eigenvalue weighted by Gasteiger charge is 2.02. The summed E-state index contributed by atoms with van der Waals surface area (Å²) < 4.78 is 0. The monoisotopic (exact) mass is 248 g/mol. The number of benzene rings is 2. The van der Waals surface area contributed by atoms with E-state index >= 15 is 0 Å². The van der Waals surface area contributed by atoms with Gasteiger partial charge < -0.3 is 0 Å². The third-order valence-electron chi connectivity index (χ3n) is 2.84. The van der Waals surface area contributed by atoms with E-state index in [2.05, 4.69) is 30.3 Å². The average molecular weight is 248 g/mol. The lowest BCUT2D eigenvalue weighted by Gasteiger charge is -2.08. The Morgan fingerprint density at radius 1 is 0.842 bits per heavy atom. The van der Waals surface area contributed by atoms with Gasteiger partial charge in [0.25, 0.3) is 0 Å². The highest BCUT2D eigenvalue weighted by molar-refractivity contribution is 5.79. The van der Waals surface area contributed by atoms with Crippen molar-refractivity contribution >= 4 is 11.9 Å². The molecule has 1 heteroatoms. The van der Waals surface area contributed by atoms with Crippen LogP contribution in [0.1, 0.15) is 17.5 Å². The van der Waals surface area contributed by atoms with Crippen LogP contribution in [0, 0.1) is 0 Å². The third-order valence-corrected chi connectivity index (χ3v) is 2.84. The summed E-state index contributed by atoms with van der Waals surface area (Å²) in [5.74, 6) is 0. The number of carbonyl (C=O) groups excluding carboxylic acids is 1.